The lowest BCUT2D eigenvalue weighted by molar-refractivity contribution is 0.101. The van der Waals surface area contributed by atoms with Crippen molar-refractivity contribution in [2.75, 3.05) is 5.32 Å². The average molecular weight is 266 g/mol. The van der Waals surface area contributed by atoms with Crippen molar-refractivity contribution in [1.29, 1.82) is 0 Å². The van der Waals surface area contributed by atoms with Gasteiger partial charge in [0.05, 0.1) is 5.69 Å². The molecule has 0 aliphatic carbocycles. The van der Waals surface area contributed by atoms with Crippen molar-refractivity contribution in [2.24, 2.45) is 0 Å². The Morgan fingerprint density at radius 1 is 1.50 bits per heavy atom. The van der Waals surface area contributed by atoms with Crippen LogP contribution in [0.1, 0.15) is 36.0 Å². The first-order chi connectivity index (χ1) is 8.58. The van der Waals surface area contributed by atoms with Crippen LogP contribution < -0.4 is 5.32 Å². The van der Waals surface area contributed by atoms with E-state index in [4.69, 9.17) is 16.1 Å². The number of anilines is 1. The number of carbonyl (C=O) groups excluding carboxylic acids is 1. The largest absolute Gasteiger partial charge is 0.360 e. The van der Waals surface area contributed by atoms with Crippen LogP contribution in [0.25, 0.3) is 0 Å². The molecule has 0 spiro atoms. The van der Waals surface area contributed by atoms with Gasteiger partial charge in [-0.05, 0) is 12.1 Å². The number of halogens is 1. The number of aromatic nitrogens is 2. The first kappa shape index (κ1) is 12.6. The molecular formula is C12H12ClN3O2. The number of amides is 1. The second-order valence-electron chi connectivity index (χ2n) is 4.07. The normalized spacial score (nSPS) is 10.7. The van der Waals surface area contributed by atoms with Gasteiger partial charge < -0.3 is 9.84 Å². The van der Waals surface area contributed by atoms with Gasteiger partial charge in [-0.1, -0.05) is 30.6 Å². The second kappa shape index (κ2) is 5.18. The molecule has 6 heteroatoms. The Balaban J connectivity index is 2.15. The molecule has 0 aromatic carbocycles. The zero-order chi connectivity index (χ0) is 13.1. The maximum Gasteiger partial charge on any atom is 0.277 e. The quantitative estimate of drug-likeness (QED) is 0.866. The summed E-state index contributed by atoms with van der Waals surface area (Å²) < 4.78 is 5.06. The molecule has 2 aromatic rings. The number of hydrogen-bond acceptors (Lipinski definition) is 4. The van der Waals surface area contributed by atoms with Gasteiger partial charge in [-0.15, -0.1) is 0 Å². The Kier molecular flexibility index (Phi) is 3.62. The van der Waals surface area contributed by atoms with E-state index in [1.54, 1.807) is 24.4 Å². The van der Waals surface area contributed by atoms with E-state index in [9.17, 15) is 4.79 Å². The average Bonchev–Trinajstić information content (AvgIpc) is 2.81. The molecule has 1 amide bonds. The number of nitrogens with one attached hydrogen (secondary N) is 1. The molecule has 0 fully saturated rings. The summed E-state index contributed by atoms with van der Waals surface area (Å²) in [6, 6.07) is 4.96. The molecular weight excluding hydrogens is 254 g/mol. The Morgan fingerprint density at radius 3 is 2.89 bits per heavy atom. The fraction of sp³-hybridized carbons (Fsp3) is 0.250. The predicted molar refractivity (Wildman–Crippen MR) is 67.8 cm³/mol. The van der Waals surface area contributed by atoms with Gasteiger partial charge in [-0.2, -0.15) is 0 Å². The van der Waals surface area contributed by atoms with E-state index in [-0.39, 0.29) is 22.7 Å². The third-order valence-corrected chi connectivity index (χ3v) is 2.64. The number of pyridine rings is 1. The van der Waals surface area contributed by atoms with E-state index in [2.05, 4.69) is 15.5 Å². The fourth-order valence-corrected chi connectivity index (χ4v) is 1.50. The van der Waals surface area contributed by atoms with Crippen molar-refractivity contribution in [2.45, 2.75) is 19.8 Å². The smallest absolute Gasteiger partial charge is 0.277 e. The van der Waals surface area contributed by atoms with Crippen LogP contribution in [0.3, 0.4) is 0 Å². The minimum Gasteiger partial charge on any atom is -0.360 e. The van der Waals surface area contributed by atoms with Crippen LogP contribution in [0, 0.1) is 0 Å². The Bertz CT molecular complexity index is 566. The van der Waals surface area contributed by atoms with Crippen LogP contribution in [0.2, 0.25) is 5.15 Å². The zero-order valence-corrected chi connectivity index (χ0v) is 10.7. The van der Waals surface area contributed by atoms with Crippen LogP contribution in [-0.2, 0) is 0 Å². The van der Waals surface area contributed by atoms with Crippen molar-refractivity contribution < 1.29 is 9.32 Å². The summed E-state index contributed by atoms with van der Waals surface area (Å²) in [5.41, 5.74) is 0.664. The van der Waals surface area contributed by atoms with Gasteiger partial charge in [0.15, 0.2) is 10.8 Å². The van der Waals surface area contributed by atoms with Gasteiger partial charge in [0.25, 0.3) is 5.91 Å². The van der Waals surface area contributed by atoms with Crippen molar-refractivity contribution in [1.82, 2.24) is 10.1 Å². The van der Waals surface area contributed by atoms with Crippen LogP contribution >= 0.6 is 11.6 Å². The number of rotatable bonds is 3. The molecule has 1 N–H and O–H groups in total. The van der Waals surface area contributed by atoms with Gasteiger partial charge in [0, 0.05) is 18.2 Å². The molecule has 0 atom stereocenters. The molecule has 0 radical (unpaired) electrons. The molecule has 5 nitrogen and oxygen atoms in total. The summed E-state index contributed by atoms with van der Waals surface area (Å²) in [6.45, 7) is 3.92. The lowest BCUT2D eigenvalue weighted by Crippen LogP contribution is -2.12. The van der Waals surface area contributed by atoms with E-state index in [1.807, 2.05) is 13.8 Å². The van der Waals surface area contributed by atoms with Gasteiger partial charge in [0.2, 0.25) is 0 Å². The summed E-state index contributed by atoms with van der Waals surface area (Å²) in [6.07, 6.45) is 1.55. The van der Waals surface area contributed by atoms with Crippen LogP contribution in [0.15, 0.2) is 28.9 Å². The third-order valence-electron chi connectivity index (χ3n) is 2.34. The van der Waals surface area contributed by atoms with Crippen molar-refractivity contribution in [3.8, 4) is 0 Å². The highest BCUT2D eigenvalue weighted by Gasteiger charge is 2.15. The molecule has 0 aliphatic rings. The molecule has 2 rings (SSSR count). The Morgan fingerprint density at radius 2 is 2.28 bits per heavy atom. The van der Waals surface area contributed by atoms with E-state index >= 15 is 0 Å². The molecule has 18 heavy (non-hydrogen) atoms. The van der Waals surface area contributed by atoms with E-state index < -0.39 is 0 Å². The molecule has 0 saturated heterocycles. The van der Waals surface area contributed by atoms with Crippen molar-refractivity contribution in [3.05, 3.63) is 41.0 Å². The lowest BCUT2D eigenvalue weighted by Gasteiger charge is -2.03. The highest BCUT2D eigenvalue weighted by atomic mass is 35.5. The standard InChI is InChI=1S/C12H12ClN3O2/c1-7(2)10-6-9(16-18-10)12(17)15-8-4-3-5-14-11(8)13/h3-7H,1-2H3,(H,15,17). The van der Waals surface area contributed by atoms with Crippen molar-refractivity contribution >= 4 is 23.2 Å². The third kappa shape index (κ3) is 2.68. The molecule has 2 aromatic heterocycles. The van der Waals surface area contributed by atoms with Crippen LogP contribution in [0.4, 0.5) is 5.69 Å². The van der Waals surface area contributed by atoms with E-state index in [0.29, 0.717) is 11.4 Å². The van der Waals surface area contributed by atoms with E-state index in [0.717, 1.165) is 0 Å². The summed E-state index contributed by atoms with van der Waals surface area (Å²) in [4.78, 5) is 15.7. The van der Waals surface area contributed by atoms with Gasteiger partial charge in [0.1, 0.15) is 5.76 Å². The fourth-order valence-electron chi connectivity index (χ4n) is 1.33. The number of nitrogens with zero attached hydrogens (tertiary/aromatic N) is 2. The highest BCUT2D eigenvalue weighted by molar-refractivity contribution is 6.32. The summed E-state index contributed by atoms with van der Waals surface area (Å²) in [7, 11) is 0. The highest BCUT2D eigenvalue weighted by Crippen LogP contribution is 2.19. The molecule has 0 saturated carbocycles. The monoisotopic (exact) mass is 265 g/mol. The molecule has 0 unspecified atom stereocenters. The number of hydrogen-bond donors (Lipinski definition) is 1. The van der Waals surface area contributed by atoms with E-state index in [1.165, 1.54) is 0 Å². The SMILES string of the molecule is CC(C)c1cc(C(=O)Nc2cccnc2Cl)no1. The van der Waals surface area contributed by atoms with Gasteiger partial charge in [-0.25, -0.2) is 4.98 Å². The zero-order valence-electron chi connectivity index (χ0n) is 9.98. The maximum atomic E-state index is 11.9. The summed E-state index contributed by atoms with van der Waals surface area (Å²) in [5.74, 6) is 0.471. The number of carbonyl (C=O) groups is 1. The van der Waals surface area contributed by atoms with Gasteiger partial charge in [-0.3, -0.25) is 4.79 Å². The second-order valence-corrected chi connectivity index (χ2v) is 4.42. The topological polar surface area (TPSA) is 68.0 Å². The van der Waals surface area contributed by atoms with Crippen molar-refractivity contribution in [3.63, 3.8) is 0 Å². The Hall–Kier alpha value is -1.88. The molecule has 0 bridgehead atoms. The minimum absolute atomic E-state index is 0.182. The van der Waals surface area contributed by atoms with Crippen LogP contribution in [0.5, 0.6) is 0 Å². The molecule has 94 valence electrons. The maximum absolute atomic E-state index is 11.9. The predicted octanol–water partition coefficient (Wildman–Crippen LogP) is 3.10. The minimum atomic E-state index is -0.374. The molecule has 2 heterocycles. The Labute approximate surface area is 109 Å². The lowest BCUT2D eigenvalue weighted by atomic mass is 10.1. The van der Waals surface area contributed by atoms with Crippen LogP contribution in [-0.4, -0.2) is 16.0 Å². The summed E-state index contributed by atoms with van der Waals surface area (Å²) >= 11 is 5.84. The summed E-state index contributed by atoms with van der Waals surface area (Å²) in [5, 5.41) is 6.57. The molecule has 0 aliphatic heterocycles. The first-order valence-corrected chi connectivity index (χ1v) is 5.84. The first-order valence-electron chi connectivity index (χ1n) is 5.46. The van der Waals surface area contributed by atoms with Gasteiger partial charge >= 0.3 is 0 Å².